The summed E-state index contributed by atoms with van der Waals surface area (Å²) in [5.41, 5.74) is 2.56. The van der Waals surface area contributed by atoms with Crippen LogP contribution in [0.4, 0.5) is 0 Å². The summed E-state index contributed by atoms with van der Waals surface area (Å²) in [6.45, 7) is 3.93. The molecule has 1 saturated heterocycles. The van der Waals surface area contributed by atoms with Gasteiger partial charge in [-0.1, -0.05) is 11.8 Å². The van der Waals surface area contributed by atoms with E-state index >= 15 is 0 Å². The standard InChI is InChI=1S/C17H22N4O3/c1-19-16-13-14(3-2-11-24-12-10-22)4-5-15(16)21(17(19)23)20-8-6-18-7-9-20/h4-5,13,18,22H,6-12H2,1H3. The zero-order valence-electron chi connectivity index (χ0n) is 13.8. The molecule has 0 spiro atoms. The summed E-state index contributed by atoms with van der Waals surface area (Å²) >= 11 is 0. The largest absolute Gasteiger partial charge is 0.394 e. The summed E-state index contributed by atoms with van der Waals surface area (Å²) in [6.07, 6.45) is 0. The molecule has 3 rings (SSSR count). The van der Waals surface area contributed by atoms with Gasteiger partial charge in [0.05, 0.1) is 24.2 Å². The van der Waals surface area contributed by atoms with E-state index in [0.717, 1.165) is 42.8 Å². The normalized spacial score (nSPS) is 14.7. The zero-order valence-corrected chi connectivity index (χ0v) is 13.8. The molecule has 0 saturated carbocycles. The van der Waals surface area contributed by atoms with Gasteiger partial charge in [-0.05, 0) is 18.2 Å². The minimum absolute atomic E-state index is 0.00468. The number of aromatic nitrogens is 2. The number of imidazole rings is 1. The first-order valence-electron chi connectivity index (χ1n) is 8.07. The molecule has 7 heteroatoms. The van der Waals surface area contributed by atoms with Gasteiger partial charge in [-0.15, -0.1) is 0 Å². The molecule has 2 N–H and O–H groups in total. The summed E-state index contributed by atoms with van der Waals surface area (Å²) in [5, 5.41) is 14.0. The van der Waals surface area contributed by atoms with Crippen molar-refractivity contribution in [3.05, 3.63) is 34.2 Å². The molecule has 128 valence electrons. The van der Waals surface area contributed by atoms with Crippen LogP contribution in [-0.2, 0) is 11.8 Å². The number of piperazine rings is 1. The number of aliphatic hydroxyl groups excluding tert-OH is 1. The quantitative estimate of drug-likeness (QED) is 0.570. The summed E-state index contributed by atoms with van der Waals surface area (Å²) < 4.78 is 8.54. The summed E-state index contributed by atoms with van der Waals surface area (Å²) in [7, 11) is 1.78. The lowest BCUT2D eigenvalue weighted by atomic mass is 10.2. The summed E-state index contributed by atoms with van der Waals surface area (Å²) in [4.78, 5) is 12.6. The highest BCUT2D eigenvalue weighted by molar-refractivity contribution is 5.78. The molecule has 1 aromatic carbocycles. The van der Waals surface area contributed by atoms with E-state index in [0.29, 0.717) is 0 Å². The third-order valence-corrected chi connectivity index (χ3v) is 4.05. The van der Waals surface area contributed by atoms with Crippen LogP contribution in [0.25, 0.3) is 11.0 Å². The molecule has 1 aromatic heterocycles. The fourth-order valence-corrected chi connectivity index (χ4v) is 2.85. The fourth-order valence-electron chi connectivity index (χ4n) is 2.85. The minimum Gasteiger partial charge on any atom is -0.394 e. The zero-order chi connectivity index (χ0) is 16.9. The first-order valence-corrected chi connectivity index (χ1v) is 8.07. The Balaban J connectivity index is 1.90. The molecule has 0 unspecified atom stereocenters. The van der Waals surface area contributed by atoms with E-state index in [2.05, 4.69) is 22.2 Å². The Kier molecular flexibility index (Phi) is 5.20. The second-order valence-corrected chi connectivity index (χ2v) is 5.64. The number of aryl methyl sites for hydroxylation is 1. The molecule has 0 bridgehead atoms. The third-order valence-electron chi connectivity index (χ3n) is 4.05. The highest BCUT2D eigenvalue weighted by Gasteiger charge is 2.18. The van der Waals surface area contributed by atoms with Gasteiger partial charge in [-0.25, -0.2) is 9.47 Å². The number of hydrogen-bond donors (Lipinski definition) is 2. The van der Waals surface area contributed by atoms with Crippen molar-refractivity contribution in [3.63, 3.8) is 0 Å². The monoisotopic (exact) mass is 330 g/mol. The van der Waals surface area contributed by atoms with Crippen molar-refractivity contribution in [2.45, 2.75) is 0 Å². The first kappa shape index (κ1) is 16.6. The van der Waals surface area contributed by atoms with E-state index < -0.39 is 0 Å². The molecule has 0 radical (unpaired) electrons. The van der Waals surface area contributed by atoms with Crippen LogP contribution in [-0.4, -0.2) is 60.3 Å². The Morgan fingerprint density at radius 2 is 2.08 bits per heavy atom. The summed E-state index contributed by atoms with van der Waals surface area (Å²) in [5.74, 6) is 5.94. The first-order chi connectivity index (χ1) is 11.7. The van der Waals surface area contributed by atoms with Crippen LogP contribution in [0.1, 0.15) is 5.56 Å². The average Bonchev–Trinajstić information content (AvgIpc) is 2.86. The Morgan fingerprint density at radius 1 is 1.29 bits per heavy atom. The SMILES string of the molecule is Cn1c(=O)n(N2CCNCC2)c2ccc(C#CCOCCO)cc21. The van der Waals surface area contributed by atoms with Gasteiger partial charge in [0.2, 0.25) is 0 Å². The fraction of sp³-hybridized carbons (Fsp3) is 0.471. The van der Waals surface area contributed by atoms with Gasteiger partial charge in [0, 0.05) is 38.8 Å². The highest BCUT2D eigenvalue weighted by atomic mass is 16.5. The molecule has 1 fully saturated rings. The molecule has 1 aliphatic rings. The highest BCUT2D eigenvalue weighted by Crippen LogP contribution is 2.15. The number of ether oxygens (including phenoxy) is 1. The van der Waals surface area contributed by atoms with Gasteiger partial charge in [-0.3, -0.25) is 4.57 Å². The number of benzene rings is 1. The molecule has 2 heterocycles. The van der Waals surface area contributed by atoms with E-state index in [4.69, 9.17) is 9.84 Å². The predicted octanol–water partition coefficient (Wildman–Crippen LogP) is -0.758. The number of fused-ring (bicyclic) bond motifs is 1. The van der Waals surface area contributed by atoms with Gasteiger partial charge in [0.1, 0.15) is 6.61 Å². The Hall–Kier alpha value is -2.27. The lowest BCUT2D eigenvalue weighted by molar-refractivity contribution is 0.115. The molecule has 7 nitrogen and oxygen atoms in total. The summed E-state index contributed by atoms with van der Waals surface area (Å²) in [6, 6.07) is 5.78. The second kappa shape index (κ2) is 7.53. The van der Waals surface area contributed by atoms with Gasteiger partial charge in [0.25, 0.3) is 0 Å². The van der Waals surface area contributed by atoms with Crippen molar-refractivity contribution in [2.75, 3.05) is 51.0 Å². The van der Waals surface area contributed by atoms with Crippen LogP contribution in [0.3, 0.4) is 0 Å². The van der Waals surface area contributed by atoms with Crippen LogP contribution in [0, 0.1) is 11.8 Å². The Morgan fingerprint density at radius 3 is 2.83 bits per heavy atom. The molecule has 24 heavy (non-hydrogen) atoms. The maximum atomic E-state index is 12.6. The van der Waals surface area contributed by atoms with Gasteiger partial charge in [-0.2, -0.15) is 0 Å². The molecule has 0 atom stereocenters. The van der Waals surface area contributed by atoms with E-state index in [1.165, 1.54) is 0 Å². The lowest BCUT2D eigenvalue weighted by Crippen LogP contribution is -2.52. The predicted molar refractivity (Wildman–Crippen MR) is 92.8 cm³/mol. The van der Waals surface area contributed by atoms with Crippen molar-refractivity contribution >= 4 is 11.0 Å². The smallest absolute Gasteiger partial charge is 0.347 e. The second-order valence-electron chi connectivity index (χ2n) is 5.64. The van der Waals surface area contributed by atoms with Crippen molar-refractivity contribution in [1.29, 1.82) is 0 Å². The van der Waals surface area contributed by atoms with Crippen LogP contribution >= 0.6 is 0 Å². The van der Waals surface area contributed by atoms with Crippen molar-refractivity contribution in [3.8, 4) is 11.8 Å². The Bertz CT molecular complexity index is 822. The number of rotatable bonds is 4. The van der Waals surface area contributed by atoms with Gasteiger partial charge in [0.15, 0.2) is 0 Å². The van der Waals surface area contributed by atoms with Gasteiger partial charge >= 0.3 is 5.69 Å². The minimum atomic E-state index is -0.0386. The van der Waals surface area contributed by atoms with E-state index in [9.17, 15) is 4.79 Å². The van der Waals surface area contributed by atoms with Gasteiger partial charge < -0.3 is 20.2 Å². The number of nitrogens with one attached hydrogen (secondary N) is 1. The van der Waals surface area contributed by atoms with Crippen molar-refractivity contribution in [1.82, 2.24) is 14.6 Å². The number of hydrogen-bond acceptors (Lipinski definition) is 5. The molecular weight excluding hydrogens is 308 g/mol. The molecule has 2 aromatic rings. The lowest BCUT2D eigenvalue weighted by Gasteiger charge is -2.29. The average molecular weight is 330 g/mol. The molecule has 0 aliphatic carbocycles. The van der Waals surface area contributed by atoms with E-state index in [1.807, 2.05) is 18.2 Å². The maximum Gasteiger partial charge on any atom is 0.347 e. The van der Waals surface area contributed by atoms with Crippen LogP contribution in [0.5, 0.6) is 0 Å². The van der Waals surface area contributed by atoms with Crippen molar-refractivity contribution < 1.29 is 9.84 Å². The van der Waals surface area contributed by atoms with Crippen LogP contribution in [0.2, 0.25) is 0 Å². The van der Waals surface area contributed by atoms with E-state index in [1.54, 1.807) is 16.3 Å². The number of nitrogens with zero attached hydrogens (tertiary/aromatic N) is 3. The Labute approximate surface area is 140 Å². The van der Waals surface area contributed by atoms with Crippen LogP contribution in [0.15, 0.2) is 23.0 Å². The van der Waals surface area contributed by atoms with Crippen molar-refractivity contribution in [2.24, 2.45) is 7.05 Å². The number of aliphatic hydroxyl groups is 1. The molecular formula is C17H22N4O3. The van der Waals surface area contributed by atoms with E-state index in [-0.39, 0.29) is 25.5 Å². The third kappa shape index (κ3) is 3.31. The maximum absolute atomic E-state index is 12.6. The van der Waals surface area contributed by atoms with Crippen LogP contribution < -0.4 is 16.0 Å². The molecule has 0 amide bonds. The topological polar surface area (TPSA) is 71.7 Å². The molecule has 1 aliphatic heterocycles.